The van der Waals surface area contributed by atoms with Gasteiger partial charge in [-0.3, -0.25) is 4.79 Å². The first-order chi connectivity index (χ1) is 10.8. The number of aliphatic carboxylic acids is 1. The maximum atomic E-state index is 12.4. The highest BCUT2D eigenvalue weighted by molar-refractivity contribution is 6.03. The van der Waals surface area contributed by atoms with Gasteiger partial charge in [0.05, 0.1) is 12.3 Å². The van der Waals surface area contributed by atoms with Gasteiger partial charge in [0.15, 0.2) is 17.1 Å². The fourth-order valence-electron chi connectivity index (χ4n) is 2.36. The molecule has 0 saturated carbocycles. The fourth-order valence-corrected chi connectivity index (χ4v) is 2.36. The minimum absolute atomic E-state index is 0.175. The summed E-state index contributed by atoms with van der Waals surface area (Å²) in [6, 6.07) is 3.42. The fraction of sp³-hybridized carbons (Fsp3) is 0.412. The molecule has 0 aromatic heterocycles. The highest BCUT2D eigenvalue weighted by Crippen LogP contribution is 2.45. The van der Waals surface area contributed by atoms with E-state index in [1.165, 1.54) is 11.0 Å². The van der Waals surface area contributed by atoms with Gasteiger partial charge in [0.2, 0.25) is 0 Å². The van der Waals surface area contributed by atoms with E-state index < -0.39 is 11.6 Å². The van der Waals surface area contributed by atoms with Crippen LogP contribution in [0.3, 0.4) is 0 Å². The van der Waals surface area contributed by atoms with E-state index in [0.717, 1.165) is 12.5 Å². The van der Waals surface area contributed by atoms with Crippen molar-refractivity contribution in [2.24, 2.45) is 0 Å². The number of anilines is 1. The number of hydrogen-bond acceptors (Lipinski definition) is 4. The van der Waals surface area contributed by atoms with E-state index in [1.807, 2.05) is 6.92 Å². The molecule has 1 heterocycles. The van der Waals surface area contributed by atoms with E-state index in [9.17, 15) is 9.59 Å². The van der Waals surface area contributed by atoms with Gasteiger partial charge in [0, 0.05) is 13.1 Å². The number of carboxylic acid groups (broad SMARTS) is 1. The van der Waals surface area contributed by atoms with Crippen molar-refractivity contribution in [3.05, 3.63) is 23.8 Å². The number of carbonyl (C=O) groups excluding carboxylic acids is 1. The Hall–Kier alpha value is -2.50. The van der Waals surface area contributed by atoms with Gasteiger partial charge in [-0.25, -0.2) is 4.79 Å². The summed E-state index contributed by atoms with van der Waals surface area (Å²) in [5.41, 5.74) is 0.206. The second-order valence-electron chi connectivity index (χ2n) is 5.86. The van der Waals surface area contributed by atoms with Gasteiger partial charge >= 0.3 is 5.97 Å². The second-order valence-corrected chi connectivity index (χ2v) is 5.86. The van der Waals surface area contributed by atoms with Gasteiger partial charge < -0.3 is 19.5 Å². The molecule has 124 valence electrons. The molecule has 0 aliphatic carbocycles. The number of hydrogen-bond donors (Lipinski definition) is 1. The highest BCUT2D eigenvalue weighted by atomic mass is 16.5. The Morgan fingerprint density at radius 1 is 1.43 bits per heavy atom. The average Bonchev–Trinajstić information content (AvgIpc) is 2.49. The van der Waals surface area contributed by atoms with E-state index in [4.69, 9.17) is 14.6 Å². The molecular formula is C17H21NO5. The molecule has 0 saturated heterocycles. The first kappa shape index (κ1) is 16.9. The predicted molar refractivity (Wildman–Crippen MR) is 87.0 cm³/mol. The zero-order chi connectivity index (χ0) is 17.2. The van der Waals surface area contributed by atoms with Crippen LogP contribution in [0.2, 0.25) is 0 Å². The predicted octanol–water partition coefficient (Wildman–Crippen LogP) is 2.71. The van der Waals surface area contributed by atoms with Crippen LogP contribution in [0.1, 0.15) is 32.8 Å². The Morgan fingerprint density at radius 3 is 2.74 bits per heavy atom. The first-order valence-electron chi connectivity index (χ1n) is 7.45. The van der Waals surface area contributed by atoms with Crippen LogP contribution in [0.15, 0.2) is 18.2 Å². The summed E-state index contributed by atoms with van der Waals surface area (Å²) < 4.78 is 11.6. The number of amides is 1. The molecule has 6 nitrogen and oxygen atoms in total. The lowest BCUT2D eigenvalue weighted by Crippen LogP contribution is -2.51. The maximum Gasteiger partial charge on any atom is 0.328 e. The summed E-state index contributed by atoms with van der Waals surface area (Å²) in [6.07, 6.45) is 3.32. The quantitative estimate of drug-likeness (QED) is 0.845. The zero-order valence-electron chi connectivity index (χ0n) is 13.8. The van der Waals surface area contributed by atoms with Crippen molar-refractivity contribution in [3.8, 4) is 11.5 Å². The third-order valence-electron chi connectivity index (χ3n) is 3.48. The first-order valence-corrected chi connectivity index (χ1v) is 7.45. The summed E-state index contributed by atoms with van der Waals surface area (Å²) in [5.74, 6) is -0.216. The van der Waals surface area contributed by atoms with E-state index >= 15 is 0 Å². The van der Waals surface area contributed by atoms with Crippen molar-refractivity contribution in [3.63, 3.8) is 0 Å². The maximum absolute atomic E-state index is 12.4. The van der Waals surface area contributed by atoms with Crippen LogP contribution >= 0.6 is 0 Å². The van der Waals surface area contributed by atoms with Crippen molar-refractivity contribution in [2.45, 2.75) is 32.8 Å². The molecule has 1 aliphatic rings. The summed E-state index contributed by atoms with van der Waals surface area (Å²) in [7, 11) is 1.67. The molecule has 1 aromatic carbocycles. The third kappa shape index (κ3) is 3.47. The molecule has 1 aliphatic heterocycles. The molecule has 0 unspecified atom stereocenters. The van der Waals surface area contributed by atoms with Gasteiger partial charge in [-0.15, -0.1) is 0 Å². The lowest BCUT2D eigenvalue weighted by molar-refractivity contribution is -0.132. The number of ether oxygens (including phenoxy) is 2. The molecule has 6 heteroatoms. The van der Waals surface area contributed by atoms with Crippen LogP contribution in [0.25, 0.3) is 6.08 Å². The second kappa shape index (κ2) is 6.32. The van der Waals surface area contributed by atoms with Crippen molar-refractivity contribution in [2.75, 3.05) is 18.6 Å². The minimum Gasteiger partial charge on any atom is -0.490 e. The molecule has 0 spiro atoms. The SMILES string of the molecule is CCCOc1cc(/C=C/C(=O)O)cc2c1OC(C)(C)C(=O)N2C. The highest BCUT2D eigenvalue weighted by Gasteiger charge is 2.40. The molecule has 0 bridgehead atoms. The Morgan fingerprint density at radius 2 is 2.13 bits per heavy atom. The normalized spacial score (nSPS) is 16.2. The van der Waals surface area contributed by atoms with Crippen LogP contribution in [0.5, 0.6) is 11.5 Å². The molecule has 0 radical (unpaired) electrons. The summed E-state index contributed by atoms with van der Waals surface area (Å²) in [5, 5.41) is 8.78. The van der Waals surface area contributed by atoms with Crippen LogP contribution in [-0.4, -0.2) is 36.2 Å². The lowest BCUT2D eigenvalue weighted by Gasteiger charge is -2.37. The smallest absolute Gasteiger partial charge is 0.328 e. The van der Waals surface area contributed by atoms with Gasteiger partial charge in [-0.1, -0.05) is 6.92 Å². The van der Waals surface area contributed by atoms with Crippen molar-refractivity contribution >= 4 is 23.6 Å². The molecule has 1 N–H and O–H groups in total. The number of nitrogens with zero attached hydrogens (tertiary/aromatic N) is 1. The monoisotopic (exact) mass is 319 g/mol. The number of likely N-dealkylation sites (N-methyl/N-ethyl adjacent to an activating group) is 1. The molecule has 2 rings (SSSR count). The van der Waals surface area contributed by atoms with Gasteiger partial charge in [-0.05, 0) is 44.0 Å². The Kier molecular flexibility index (Phi) is 4.63. The van der Waals surface area contributed by atoms with E-state index in [0.29, 0.717) is 29.4 Å². The number of rotatable bonds is 5. The topological polar surface area (TPSA) is 76.1 Å². The number of benzene rings is 1. The van der Waals surface area contributed by atoms with Gasteiger partial charge in [-0.2, -0.15) is 0 Å². The Labute approximate surface area is 135 Å². The molecular weight excluding hydrogens is 298 g/mol. The molecule has 1 aromatic rings. The zero-order valence-corrected chi connectivity index (χ0v) is 13.8. The lowest BCUT2D eigenvalue weighted by atomic mass is 10.0. The summed E-state index contributed by atoms with van der Waals surface area (Å²) >= 11 is 0. The van der Waals surface area contributed by atoms with Crippen molar-refractivity contribution < 1.29 is 24.2 Å². The van der Waals surface area contributed by atoms with Gasteiger partial charge in [0.1, 0.15) is 0 Å². The van der Waals surface area contributed by atoms with E-state index in [-0.39, 0.29) is 5.91 Å². The van der Waals surface area contributed by atoms with E-state index in [1.54, 1.807) is 33.0 Å². The number of carbonyl (C=O) groups is 2. The van der Waals surface area contributed by atoms with Crippen molar-refractivity contribution in [1.29, 1.82) is 0 Å². The van der Waals surface area contributed by atoms with Crippen molar-refractivity contribution in [1.82, 2.24) is 0 Å². The Bertz CT molecular complexity index is 663. The van der Waals surface area contributed by atoms with E-state index in [2.05, 4.69) is 0 Å². The molecule has 1 amide bonds. The van der Waals surface area contributed by atoms with Crippen LogP contribution in [0, 0.1) is 0 Å². The number of carboxylic acids is 1. The third-order valence-corrected chi connectivity index (χ3v) is 3.48. The average molecular weight is 319 g/mol. The molecule has 0 fully saturated rings. The standard InChI is InChI=1S/C17H21NO5/c1-5-8-22-13-10-11(6-7-14(19)20)9-12-15(13)23-17(2,3)16(21)18(12)4/h6-7,9-10H,5,8H2,1-4H3,(H,19,20)/b7-6+. The number of fused-ring (bicyclic) bond motifs is 1. The van der Waals surface area contributed by atoms with Crippen LogP contribution in [0.4, 0.5) is 5.69 Å². The summed E-state index contributed by atoms with van der Waals surface area (Å²) in [4.78, 5) is 24.6. The molecule has 23 heavy (non-hydrogen) atoms. The largest absolute Gasteiger partial charge is 0.490 e. The summed E-state index contributed by atoms with van der Waals surface area (Å²) in [6.45, 7) is 5.90. The molecule has 0 atom stereocenters. The van der Waals surface area contributed by atoms with Gasteiger partial charge in [0.25, 0.3) is 5.91 Å². The van der Waals surface area contributed by atoms with Crippen LogP contribution in [-0.2, 0) is 9.59 Å². The minimum atomic E-state index is -1.04. The Balaban J connectivity index is 2.54. The van der Waals surface area contributed by atoms with Crippen LogP contribution < -0.4 is 14.4 Å².